The molecule has 1 aromatic carbocycles. The highest BCUT2D eigenvalue weighted by Crippen LogP contribution is 2.15. The Bertz CT molecular complexity index is 533. The van der Waals surface area contributed by atoms with Crippen molar-refractivity contribution in [1.82, 2.24) is 5.32 Å². The lowest BCUT2D eigenvalue weighted by Crippen LogP contribution is -2.21. The third-order valence-corrected chi connectivity index (χ3v) is 2.49. The van der Waals surface area contributed by atoms with E-state index in [1.807, 2.05) is 0 Å². The molecule has 0 saturated heterocycles. The van der Waals surface area contributed by atoms with Crippen LogP contribution in [0.1, 0.15) is 17.3 Å². The van der Waals surface area contributed by atoms with Crippen LogP contribution >= 0.6 is 0 Å². The molecular formula is C13H13F2NO3. The van der Waals surface area contributed by atoms with Crippen LogP contribution in [0.15, 0.2) is 29.5 Å². The standard InChI is InChI=1S/C13H13F2NO3/c1-7(16-2)11(13(18)19-3)12(17)8-4-9(14)6-10(15)5-8/h4-6,16H,1-3H3/b11-7-. The molecule has 0 aliphatic rings. The smallest absolute Gasteiger partial charge is 0.343 e. The minimum absolute atomic E-state index is 0.251. The first-order chi connectivity index (χ1) is 8.90. The van der Waals surface area contributed by atoms with Gasteiger partial charge in [0.05, 0.1) is 7.11 Å². The average molecular weight is 269 g/mol. The number of rotatable bonds is 4. The summed E-state index contributed by atoms with van der Waals surface area (Å²) in [6, 6.07) is 2.36. The molecule has 0 aliphatic carbocycles. The van der Waals surface area contributed by atoms with Crippen molar-refractivity contribution >= 4 is 11.8 Å². The van der Waals surface area contributed by atoms with Gasteiger partial charge in [-0.25, -0.2) is 13.6 Å². The number of halogens is 2. The maximum atomic E-state index is 13.1. The number of carbonyl (C=O) groups is 2. The van der Waals surface area contributed by atoms with Gasteiger partial charge >= 0.3 is 5.97 Å². The summed E-state index contributed by atoms with van der Waals surface area (Å²) in [5, 5.41) is 2.63. The maximum absolute atomic E-state index is 13.1. The summed E-state index contributed by atoms with van der Waals surface area (Å²) < 4.78 is 30.6. The fourth-order valence-corrected chi connectivity index (χ4v) is 1.47. The van der Waals surface area contributed by atoms with Crippen LogP contribution in [0, 0.1) is 11.6 Å². The summed E-state index contributed by atoms with van der Waals surface area (Å²) in [4.78, 5) is 23.7. The molecule has 0 spiro atoms. The van der Waals surface area contributed by atoms with Gasteiger partial charge in [0.2, 0.25) is 5.78 Å². The largest absolute Gasteiger partial charge is 0.465 e. The topological polar surface area (TPSA) is 55.4 Å². The lowest BCUT2D eigenvalue weighted by atomic mass is 10.0. The lowest BCUT2D eigenvalue weighted by Gasteiger charge is -2.09. The molecule has 0 atom stereocenters. The van der Waals surface area contributed by atoms with Crippen molar-refractivity contribution in [3.63, 3.8) is 0 Å². The van der Waals surface area contributed by atoms with E-state index < -0.39 is 23.4 Å². The first-order valence-electron chi connectivity index (χ1n) is 5.38. The summed E-state index contributed by atoms with van der Waals surface area (Å²) >= 11 is 0. The normalized spacial score (nSPS) is 11.6. The van der Waals surface area contributed by atoms with E-state index in [-0.39, 0.29) is 16.8 Å². The van der Waals surface area contributed by atoms with Gasteiger partial charge in [0, 0.05) is 24.4 Å². The molecule has 0 aliphatic heterocycles. The lowest BCUT2D eigenvalue weighted by molar-refractivity contribution is -0.135. The number of Topliss-reactive ketones (excluding diaryl/α,β-unsaturated/α-hetero) is 1. The van der Waals surface area contributed by atoms with Gasteiger partial charge in [-0.3, -0.25) is 4.79 Å². The number of benzene rings is 1. The molecule has 1 aromatic rings. The molecule has 0 unspecified atom stereocenters. The first-order valence-corrected chi connectivity index (χ1v) is 5.38. The molecular weight excluding hydrogens is 256 g/mol. The maximum Gasteiger partial charge on any atom is 0.343 e. The summed E-state index contributed by atoms with van der Waals surface area (Å²) in [6.45, 7) is 1.49. The number of ketones is 1. The second-order valence-corrected chi connectivity index (χ2v) is 3.73. The molecule has 0 bridgehead atoms. The summed E-state index contributed by atoms with van der Waals surface area (Å²) in [5.41, 5.74) is -0.302. The number of hydrogen-bond donors (Lipinski definition) is 1. The number of hydrogen-bond acceptors (Lipinski definition) is 4. The van der Waals surface area contributed by atoms with Gasteiger partial charge in [-0.1, -0.05) is 0 Å². The highest BCUT2D eigenvalue weighted by atomic mass is 19.1. The number of ether oxygens (including phenoxy) is 1. The molecule has 0 radical (unpaired) electrons. The monoisotopic (exact) mass is 269 g/mol. The summed E-state index contributed by atoms with van der Waals surface area (Å²) in [5.74, 6) is -3.47. The molecule has 0 saturated carbocycles. The Labute approximate surface area is 109 Å². The third-order valence-electron chi connectivity index (χ3n) is 2.49. The van der Waals surface area contributed by atoms with Crippen molar-refractivity contribution in [2.24, 2.45) is 0 Å². The van der Waals surface area contributed by atoms with Gasteiger partial charge in [-0.15, -0.1) is 0 Å². The van der Waals surface area contributed by atoms with Crippen LogP contribution in [0.25, 0.3) is 0 Å². The van der Waals surface area contributed by atoms with Crippen LogP contribution in [0.2, 0.25) is 0 Å². The molecule has 0 fully saturated rings. The van der Waals surface area contributed by atoms with Crippen molar-refractivity contribution in [3.05, 3.63) is 46.7 Å². The minimum Gasteiger partial charge on any atom is -0.465 e. The summed E-state index contributed by atoms with van der Waals surface area (Å²) in [7, 11) is 2.63. The first kappa shape index (κ1) is 14.8. The minimum atomic E-state index is -0.894. The van der Waals surface area contributed by atoms with Gasteiger partial charge < -0.3 is 10.1 Å². The van der Waals surface area contributed by atoms with E-state index in [0.29, 0.717) is 6.07 Å². The van der Waals surface area contributed by atoms with E-state index in [9.17, 15) is 18.4 Å². The molecule has 0 heterocycles. The number of esters is 1. The zero-order chi connectivity index (χ0) is 14.6. The van der Waals surface area contributed by atoms with Gasteiger partial charge in [0.1, 0.15) is 17.2 Å². The molecule has 4 nitrogen and oxygen atoms in total. The highest BCUT2D eigenvalue weighted by Gasteiger charge is 2.24. The predicted octanol–water partition coefficient (Wildman–Crippen LogP) is 1.81. The molecule has 0 amide bonds. The van der Waals surface area contributed by atoms with Crippen LogP contribution in [0.4, 0.5) is 8.78 Å². The fourth-order valence-electron chi connectivity index (χ4n) is 1.47. The second kappa shape index (κ2) is 6.08. The molecule has 1 N–H and O–H groups in total. The van der Waals surface area contributed by atoms with Crippen molar-refractivity contribution in [2.45, 2.75) is 6.92 Å². The van der Waals surface area contributed by atoms with E-state index in [0.717, 1.165) is 19.2 Å². The fraction of sp³-hybridized carbons (Fsp3) is 0.231. The van der Waals surface area contributed by atoms with E-state index in [1.54, 1.807) is 0 Å². The van der Waals surface area contributed by atoms with Crippen LogP contribution in [0.3, 0.4) is 0 Å². The highest BCUT2D eigenvalue weighted by molar-refractivity contribution is 6.24. The van der Waals surface area contributed by atoms with Crippen molar-refractivity contribution < 1.29 is 23.1 Å². The van der Waals surface area contributed by atoms with E-state index in [4.69, 9.17) is 0 Å². The third kappa shape index (κ3) is 3.37. The molecule has 102 valence electrons. The van der Waals surface area contributed by atoms with E-state index >= 15 is 0 Å². The van der Waals surface area contributed by atoms with Gasteiger partial charge in [0.15, 0.2) is 0 Å². The van der Waals surface area contributed by atoms with E-state index in [1.165, 1.54) is 14.0 Å². The molecule has 19 heavy (non-hydrogen) atoms. The van der Waals surface area contributed by atoms with Crippen LogP contribution in [0.5, 0.6) is 0 Å². The molecule has 1 rings (SSSR count). The Balaban J connectivity index is 3.32. The summed E-state index contributed by atoms with van der Waals surface area (Å²) in [6.07, 6.45) is 0. The van der Waals surface area contributed by atoms with Gasteiger partial charge in [-0.05, 0) is 19.1 Å². The zero-order valence-corrected chi connectivity index (χ0v) is 10.7. The number of allylic oxidation sites excluding steroid dienone is 1. The Hall–Kier alpha value is -2.24. The van der Waals surface area contributed by atoms with Gasteiger partial charge in [-0.2, -0.15) is 0 Å². The molecule has 0 aromatic heterocycles. The predicted molar refractivity (Wildman–Crippen MR) is 64.5 cm³/mol. The van der Waals surface area contributed by atoms with Gasteiger partial charge in [0.25, 0.3) is 0 Å². The number of nitrogens with one attached hydrogen (secondary N) is 1. The Morgan fingerprint density at radius 3 is 2.11 bits per heavy atom. The Kier molecular flexibility index (Phi) is 4.74. The quantitative estimate of drug-likeness (QED) is 0.298. The SMILES string of the molecule is CN/C(C)=C(\C(=O)OC)C(=O)c1cc(F)cc(F)c1. The van der Waals surface area contributed by atoms with E-state index in [2.05, 4.69) is 10.1 Å². The van der Waals surface area contributed by atoms with Crippen molar-refractivity contribution in [1.29, 1.82) is 0 Å². The Morgan fingerprint density at radius 2 is 1.68 bits per heavy atom. The number of methoxy groups -OCH3 is 1. The van der Waals surface area contributed by atoms with Crippen molar-refractivity contribution in [3.8, 4) is 0 Å². The zero-order valence-electron chi connectivity index (χ0n) is 10.7. The van der Waals surface area contributed by atoms with Crippen LogP contribution < -0.4 is 5.32 Å². The van der Waals surface area contributed by atoms with Crippen LogP contribution in [-0.4, -0.2) is 25.9 Å². The van der Waals surface area contributed by atoms with Crippen molar-refractivity contribution in [2.75, 3.05) is 14.2 Å². The Morgan fingerprint density at radius 1 is 1.16 bits per heavy atom. The second-order valence-electron chi connectivity index (χ2n) is 3.73. The average Bonchev–Trinajstić information content (AvgIpc) is 2.37. The molecule has 6 heteroatoms. The van der Waals surface area contributed by atoms with Crippen LogP contribution in [-0.2, 0) is 9.53 Å². The number of carbonyl (C=O) groups excluding carboxylic acids is 2.